The molecule has 2 rings (SSSR count). The van der Waals surface area contributed by atoms with Crippen molar-refractivity contribution in [3.05, 3.63) is 41.3 Å². The molecule has 90 valence electrons. The number of nitrogens with zero attached hydrogens (tertiary/aromatic N) is 3. The number of aromatic hydroxyl groups is 1. The number of hydrogen-bond acceptors (Lipinski definition) is 5. The number of ether oxygens (including phenoxy) is 1. The molecule has 0 aromatic heterocycles. The molecule has 1 aliphatic rings. The van der Waals surface area contributed by atoms with Crippen molar-refractivity contribution in [1.29, 1.82) is 10.5 Å². The van der Waals surface area contributed by atoms with Crippen molar-refractivity contribution in [3.8, 4) is 17.9 Å². The standard InChI is InChI=1S/C13H11N3O2/c1-16-8-12(9-3-2-4-11(17)5-9)18-13(16)10(6-14)7-15/h2-5,12,17H,8H2,1H3. The fourth-order valence-corrected chi connectivity index (χ4v) is 1.86. The van der Waals surface area contributed by atoms with Gasteiger partial charge < -0.3 is 14.7 Å². The molecule has 0 spiro atoms. The fraction of sp³-hybridized carbons (Fsp3) is 0.231. The first kappa shape index (κ1) is 11.8. The molecule has 0 radical (unpaired) electrons. The lowest BCUT2D eigenvalue weighted by atomic mass is 10.1. The highest BCUT2D eigenvalue weighted by atomic mass is 16.5. The van der Waals surface area contributed by atoms with E-state index in [0.717, 1.165) is 5.56 Å². The van der Waals surface area contributed by atoms with Crippen LogP contribution in [0.5, 0.6) is 5.75 Å². The summed E-state index contributed by atoms with van der Waals surface area (Å²) >= 11 is 0. The van der Waals surface area contributed by atoms with Gasteiger partial charge in [-0.2, -0.15) is 10.5 Å². The molecule has 1 atom stereocenters. The predicted octanol–water partition coefficient (Wildman–Crippen LogP) is 1.65. The van der Waals surface area contributed by atoms with E-state index in [1.165, 1.54) is 0 Å². The number of rotatable bonds is 1. The molecule has 1 heterocycles. The normalized spacial score (nSPS) is 17.8. The number of phenols is 1. The Balaban J connectivity index is 2.30. The van der Waals surface area contributed by atoms with E-state index >= 15 is 0 Å². The van der Waals surface area contributed by atoms with Crippen molar-refractivity contribution in [2.75, 3.05) is 13.6 Å². The maximum absolute atomic E-state index is 9.42. The van der Waals surface area contributed by atoms with E-state index in [-0.39, 0.29) is 23.3 Å². The molecule has 18 heavy (non-hydrogen) atoms. The van der Waals surface area contributed by atoms with Crippen LogP contribution in [0, 0.1) is 22.7 Å². The Bertz CT molecular complexity index is 565. The highest BCUT2D eigenvalue weighted by Gasteiger charge is 2.29. The minimum absolute atomic E-state index is 0.0415. The SMILES string of the molecule is CN1CC(c2cccc(O)c2)OC1=C(C#N)C#N. The molecule has 0 amide bonds. The van der Waals surface area contributed by atoms with E-state index in [0.29, 0.717) is 6.54 Å². The van der Waals surface area contributed by atoms with Gasteiger partial charge in [0, 0.05) is 7.05 Å². The number of phenolic OH excluding ortho intramolecular Hbond substituents is 1. The van der Waals surface area contributed by atoms with Crippen molar-refractivity contribution >= 4 is 0 Å². The van der Waals surface area contributed by atoms with E-state index in [1.807, 2.05) is 18.2 Å². The van der Waals surface area contributed by atoms with Crippen LogP contribution in [0.1, 0.15) is 11.7 Å². The smallest absolute Gasteiger partial charge is 0.219 e. The van der Waals surface area contributed by atoms with E-state index in [2.05, 4.69) is 0 Å². The fourth-order valence-electron chi connectivity index (χ4n) is 1.86. The zero-order valence-electron chi connectivity index (χ0n) is 9.79. The average molecular weight is 241 g/mol. The maximum Gasteiger partial charge on any atom is 0.219 e. The zero-order valence-corrected chi connectivity index (χ0v) is 9.79. The Morgan fingerprint density at radius 2 is 2.17 bits per heavy atom. The molecule has 1 aliphatic heterocycles. The Kier molecular flexibility index (Phi) is 3.07. The highest BCUT2D eigenvalue weighted by Crippen LogP contribution is 2.32. The lowest BCUT2D eigenvalue weighted by Crippen LogP contribution is -2.13. The second-order valence-electron chi connectivity index (χ2n) is 3.99. The van der Waals surface area contributed by atoms with Gasteiger partial charge in [0.05, 0.1) is 6.54 Å². The summed E-state index contributed by atoms with van der Waals surface area (Å²) in [5, 5.41) is 27.1. The molecule has 1 saturated heterocycles. The molecule has 5 heteroatoms. The van der Waals surface area contributed by atoms with E-state index in [9.17, 15) is 5.11 Å². The molecule has 0 saturated carbocycles. The largest absolute Gasteiger partial charge is 0.508 e. The summed E-state index contributed by atoms with van der Waals surface area (Å²) in [4.78, 5) is 1.72. The summed E-state index contributed by atoms with van der Waals surface area (Å²) in [7, 11) is 1.76. The highest BCUT2D eigenvalue weighted by molar-refractivity contribution is 5.39. The van der Waals surface area contributed by atoms with Crippen LogP contribution in [0.2, 0.25) is 0 Å². The van der Waals surface area contributed by atoms with Crippen molar-refractivity contribution in [2.24, 2.45) is 0 Å². The quantitative estimate of drug-likeness (QED) is 0.756. The molecule has 1 aromatic carbocycles. The molecular weight excluding hydrogens is 230 g/mol. The summed E-state index contributed by atoms with van der Waals surface area (Å²) < 4.78 is 5.61. The number of hydrogen-bond donors (Lipinski definition) is 1. The van der Waals surface area contributed by atoms with Crippen LogP contribution in [0.4, 0.5) is 0 Å². The molecule has 1 aromatic rings. The maximum atomic E-state index is 9.42. The minimum Gasteiger partial charge on any atom is -0.508 e. The number of nitriles is 2. The molecule has 1 N–H and O–H groups in total. The van der Waals surface area contributed by atoms with Crippen LogP contribution < -0.4 is 0 Å². The second kappa shape index (κ2) is 4.68. The monoisotopic (exact) mass is 241 g/mol. The first-order valence-corrected chi connectivity index (χ1v) is 5.37. The van der Waals surface area contributed by atoms with Crippen LogP contribution in [-0.4, -0.2) is 23.6 Å². The Morgan fingerprint density at radius 3 is 2.78 bits per heavy atom. The van der Waals surface area contributed by atoms with Gasteiger partial charge in [-0.25, -0.2) is 0 Å². The Morgan fingerprint density at radius 1 is 1.44 bits per heavy atom. The van der Waals surface area contributed by atoms with Gasteiger partial charge in [-0.05, 0) is 17.7 Å². The summed E-state index contributed by atoms with van der Waals surface area (Å²) in [6.45, 7) is 0.533. The zero-order chi connectivity index (χ0) is 13.1. The molecule has 1 fully saturated rings. The second-order valence-corrected chi connectivity index (χ2v) is 3.99. The summed E-state index contributed by atoms with van der Waals surface area (Å²) in [5.41, 5.74) is 0.771. The van der Waals surface area contributed by atoms with Gasteiger partial charge in [-0.3, -0.25) is 0 Å². The number of benzene rings is 1. The van der Waals surface area contributed by atoms with E-state index in [4.69, 9.17) is 15.3 Å². The Labute approximate surface area is 105 Å². The van der Waals surface area contributed by atoms with Crippen molar-refractivity contribution in [2.45, 2.75) is 6.10 Å². The molecular formula is C13H11N3O2. The van der Waals surface area contributed by atoms with Crippen molar-refractivity contribution in [1.82, 2.24) is 4.90 Å². The number of likely N-dealkylation sites (N-methyl/N-ethyl adjacent to an activating group) is 1. The van der Waals surface area contributed by atoms with Gasteiger partial charge in [0.15, 0.2) is 5.57 Å². The van der Waals surface area contributed by atoms with Gasteiger partial charge in [0.1, 0.15) is 24.0 Å². The van der Waals surface area contributed by atoms with Gasteiger partial charge >= 0.3 is 0 Å². The van der Waals surface area contributed by atoms with Crippen molar-refractivity contribution in [3.63, 3.8) is 0 Å². The average Bonchev–Trinajstić information content (AvgIpc) is 2.74. The molecule has 0 bridgehead atoms. The van der Waals surface area contributed by atoms with Crippen LogP contribution in [0.25, 0.3) is 0 Å². The van der Waals surface area contributed by atoms with E-state index in [1.54, 1.807) is 30.1 Å². The summed E-state index contributed by atoms with van der Waals surface area (Å²) in [6, 6.07) is 10.4. The predicted molar refractivity (Wildman–Crippen MR) is 62.8 cm³/mol. The topological polar surface area (TPSA) is 80.3 Å². The first-order chi connectivity index (χ1) is 8.65. The lowest BCUT2D eigenvalue weighted by molar-refractivity contribution is 0.163. The third-order valence-electron chi connectivity index (χ3n) is 2.72. The van der Waals surface area contributed by atoms with Gasteiger partial charge in [-0.1, -0.05) is 12.1 Å². The van der Waals surface area contributed by atoms with Crippen molar-refractivity contribution < 1.29 is 9.84 Å². The molecule has 1 unspecified atom stereocenters. The van der Waals surface area contributed by atoms with E-state index < -0.39 is 0 Å². The Hall–Kier alpha value is -2.66. The minimum atomic E-state index is -0.284. The molecule has 5 nitrogen and oxygen atoms in total. The molecule has 0 aliphatic carbocycles. The van der Waals surface area contributed by atoms with Crippen LogP contribution in [0.15, 0.2) is 35.7 Å². The van der Waals surface area contributed by atoms with Gasteiger partial charge in [-0.15, -0.1) is 0 Å². The van der Waals surface area contributed by atoms with Crippen LogP contribution >= 0.6 is 0 Å². The lowest BCUT2D eigenvalue weighted by Gasteiger charge is -2.09. The number of allylic oxidation sites excluding steroid dienone is 1. The third kappa shape index (κ3) is 2.07. The third-order valence-corrected chi connectivity index (χ3v) is 2.72. The van der Waals surface area contributed by atoms with Crippen LogP contribution in [-0.2, 0) is 4.74 Å². The van der Waals surface area contributed by atoms with Gasteiger partial charge in [0.2, 0.25) is 5.88 Å². The van der Waals surface area contributed by atoms with Crippen LogP contribution in [0.3, 0.4) is 0 Å². The first-order valence-electron chi connectivity index (χ1n) is 5.37. The summed E-state index contributed by atoms with van der Waals surface area (Å²) in [6.07, 6.45) is -0.284. The summed E-state index contributed by atoms with van der Waals surface area (Å²) in [5.74, 6) is 0.449. The van der Waals surface area contributed by atoms with Gasteiger partial charge in [0.25, 0.3) is 0 Å².